The second-order valence-electron chi connectivity index (χ2n) is 2.69. The molecule has 72 valence electrons. The van der Waals surface area contributed by atoms with Gasteiger partial charge in [0.2, 0.25) is 0 Å². The van der Waals surface area contributed by atoms with E-state index in [9.17, 15) is 0 Å². The zero-order valence-electron chi connectivity index (χ0n) is 7.06. The van der Waals surface area contributed by atoms with E-state index >= 15 is 0 Å². The molecule has 2 aromatic rings. The molecule has 6 heteroatoms. The van der Waals surface area contributed by atoms with Crippen LogP contribution in [0, 0.1) is 0 Å². The summed E-state index contributed by atoms with van der Waals surface area (Å²) in [6.45, 7) is 0.539. The Morgan fingerprint density at radius 1 is 1.14 bits per heavy atom. The third-order valence-corrected chi connectivity index (χ3v) is 1.99. The van der Waals surface area contributed by atoms with Crippen molar-refractivity contribution in [2.24, 2.45) is 0 Å². The smallest absolute Gasteiger partial charge is 0.147 e. The van der Waals surface area contributed by atoms with Gasteiger partial charge in [0.25, 0.3) is 0 Å². The Balaban J connectivity index is 2.15. The van der Waals surface area contributed by atoms with Crippen LogP contribution in [0.1, 0.15) is 5.69 Å². The van der Waals surface area contributed by atoms with Gasteiger partial charge in [-0.05, 0) is 0 Å². The molecule has 0 amide bonds. The van der Waals surface area contributed by atoms with Gasteiger partial charge in [0.15, 0.2) is 0 Å². The minimum atomic E-state index is 0.382. The quantitative estimate of drug-likeness (QED) is 0.791. The van der Waals surface area contributed by atoms with E-state index in [1.807, 2.05) is 0 Å². The van der Waals surface area contributed by atoms with E-state index in [1.54, 1.807) is 23.3 Å². The predicted octanol–water partition coefficient (Wildman–Crippen LogP) is 2.03. The van der Waals surface area contributed by atoms with Gasteiger partial charge in [-0.3, -0.25) is 9.67 Å². The van der Waals surface area contributed by atoms with Crippen molar-refractivity contribution in [1.29, 1.82) is 0 Å². The van der Waals surface area contributed by atoms with Crippen molar-refractivity contribution in [2.45, 2.75) is 6.54 Å². The fourth-order valence-electron chi connectivity index (χ4n) is 1.01. The summed E-state index contributed by atoms with van der Waals surface area (Å²) < 4.78 is 1.68. The van der Waals surface area contributed by atoms with E-state index < -0.39 is 0 Å². The molecule has 0 saturated heterocycles. The largest absolute Gasteiger partial charge is 0.265 e. The van der Waals surface area contributed by atoms with Crippen LogP contribution in [0.4, 0.5) is 0 Å². The molecule has 0 aliphatic heterocycles. The van der Waals surface area contributed by atoms with E-state index in [2.05, 4.69) is 15.1 Å². The fraction of sp³-hybridized carbons (Fsp3) is 0.125. The number of halogens is 2. The van der Waals surface area contributed by atoms with Gasteiger partial charge in [0.05, 0.1) is 35.9 Å². The van der Waals surface area contributed by atoms with Gasteiger partial charge >= 0.3 is 0 Å². The Hall–Kier alpha value is -1.13. The molecule has 2 aromatic heterocycles. The summed E-state index contributed by atoms with van der Waals surface area (Å²) in [5.74, 6) is 0. The molecule has 0 atom stereocenters. The van der Waals surface area contributed by atoms with Crippen LogP contribution in [0.2, 0.25) is 10.2 Å². The SMILES string of the molecule is Clc1cnn(Cc2cnc(Cl)cn2)c1. The van der Waals surface area contributed by atoms with Crippen LogP contribution in [-0.2, 0) is 6.54 Å². The summed E-state index contributed by atoms with van der Waals surface area (Å²) in [6.07, 6.45) is 6.41. The summed E-state index contributed by atoms with van der Waals surface area (Å²) in [5, 5.41) is 5.00. The molecule has 0 spiro atoms. The third-order valence-electron chi connectivity index (χ3n) is 1.60. The predicted molar refractivity (Wildman–Crippen MR) is 53.4 cm³/mol. The van der Waals surface area contributed by atoms with E-state index in [0.29, 0.717) is 16.7 Å². The first-order valence-electron chi connectivity index (χ1n) is 3.88. The zero-order valence-corrected chi connectivity index (χ0v) is 8.57. The summed E-state index contributed by atoms with van der Waals surface area (Å²) in [7, 11) is 0. The van der Waals surface area contributed by atoms with E-state index in [0.717, 1.165) is 5.69 Å². The molecule has 0 unspecified atom stereocenters. The maximum Gasteiger partial charge on any atom is 0.147 e. The zero-order chi connectivity index (χ0) is 9.97. The van der Waals surface area contributed by atoms with Gasteiger partial charge in [-0.1, -0.05) is 23.2 Å². The van der Waals surface area contributed by atoms with Gasteiger partial charge in [-0.25, -0.2) is 4.98 Å². The van der Waals surface area contributed by atoms with Crippen LogP contribution in [0.5, 0.6) is 0 Å². The highest BCUT2D eigenvalue weighted by Gasteiger charge is 1.99. The van der Waals surface area contributed by atoms with E-state index in [1.165, 1.54) is 6.20 Å². The molecule has 0 saturated carbocycles. The number of rotatable bonds is 2. The number of hydrogen-bond acceptors (Lipinski definition) is 3. The molecule has 0 N–H and O–H groups in total. The first-order valence-corrected chi connectivity index (χ1v) is 4.64. The van der Waals surface area contributed by atoms with Crippen molar-refractivity contribution in [3.8, 4) is 0 Å². The van der Waals surface area contributed by atoms with Gasteiger partial charge in [-0.15, -0.1) is 0 Å². The van der Waals surface area contributed by atoms with Gasteiger partial charge < -0.3 is 0 Å². The van der Waals surface area contributed by atoms with Gasteiger partial charge in [-0.2, -0.15) is 5.10 Å². The molecule has 4 nitrogen and oxygen atoms in total. The minimum absolute atomic E-state index is 0.382. The maximum absolute atomic E-state index is 5.71. The Bertz CT molecular complexity index is 423. The lowest BCUT2D eigenvalue weighted by atomic mass is 10.4. The second-order valence-corrected chi connectivity index (χ2v) is 3.51. The first-order chi connectivity index (χ1) is 6.74. The van der Waals surface area contributed by atoms with Crippen LogP contribution < -0.4 is 0 Å². The Morgan fingerprint density at radius 2 is 2.00 bits per heavy atom. The number of hydrogen-bond donors (Lipinski definition) is 0. The summed E-state index contributed by atoms with van der Waals surface area (Å²) >= 11 is 11.3. The van der Waals surface area contributed by atoms with Crippen LogP contribution in [-0.4, -0.2) is 19.7 Å². The van der Waals surface area contributed by atoms with Crippen molar-refractivity contribution in [2.75, 3.05) is 0 Å². The first kappa shape index (κ1) is 9.43. The highest BCUT2D eigenvalue weighted by Crippen LogP contribution is 2.07. The minimum Gasteiger partial charge on any atom is -0.265 e. The third kappa shape index (κ3) is 2.21. The van der Waals surface area contributed by atoms with Crippen molar-refractivity contribution in [3.05, 3.63) is 40.7 Å². The molecule has 0 fully saturated rings. The molecular formula is C8H6Cl2N4. The number of aromatic nitrogens is 4. The standard InChI is InChI=1S/C8H6Cl2N4/c9-6-1-13-14(4-6)5-7-2-12-8(10)3-11-7/h1-4H,5H2. The molecule has 0 aliphatic rings. The molecular weight excluding hydrogens is 223 g/mol. The van der Waals surface area contributed by atoms with Crippen molar-refractivity contribution in [1.82, 2.24) is 19.7 Å². The molecule has 0 aromatic carbocycles. The van der Waals surface area contributed by atoms with Crippen LogP contribution in [0.15, 0.2) is 24.8 Å². The average molecular weight is 229 g/mol. The highest BCUT2D eigenvalue weighted by molar-refractivity contribution is 6.30. The van der Waals surface area contributed by atoms with Crippen molar-refractivity contribution < 1.29 is 0 Å². The summed E-state index contributed by atoms with van der Waals surface area (Å²) in [4.78, 5) is 8.00. The normalized spacial score (nSPS) is 10.4. The Kier molecular flexibility index (Phi) is 2.65. The molecule has 2 rings (SSSR count). The molecule has 0 bridgehead atoms. The average Bonchev–Trinajstić information content (AvgIpc) is 2.56. The van der Waals surface area contributed by atoms with E-state index in [-0.39, 0.29) is 0 Å². The van der Waals surface area contributed by atoms with E-state index in [4.69, 9.17) is 23.2 Å². The van der Waals surface area contributed by atoms with Crippen LogP contribution in [0.25, 0.3) is 0 Å². The molecule has 0 aliphatic carbocycles. The summed E-state index contributed by atoms with van der Waals surface area (Å²) in [6, 6.07) is 0. The lowest BCUT2D eigenvalue weighted by molar-refractivity contribution is 0.670. The van der Waals surface area contributed by atoms with Crippen LogP contribution in [0.3, 0.4) is 0 Å². The molecule has 2 heterocycles. The fourth-order valence-corrected chi connectivity index (χ4v) is 1.27. The molecule has 0 radical (unpaired) electrons. The van der Waals surface area contributed by atoms with Gasteiger partial charge in [0.1, 0.15) is 5.15 Å². The van der Waals surface area contributed by atoms with Crippen molar-refractivity contribution in [3.63, 3.8) is 0 Å². The lowest BCUT2D eigenvalue weighted by Gasteiger charge is -1.99. The second kappa shape index (κ2) is 3.94. The maximum atomic E-state index is 5.71. The highest BCUT2D eigenvalue weighted by atomic mass is 35.5. The molecule has 14 heavy (non-hydrogen) atoms. The van der Waals surface area contributed by atoms with Gasteiger partial charge in [0, 0.05) is 6.20 Å². The summed E-state index contributed by atoms with van der Waals surface area (Å²) in [5.41, 5.74) is 0.786. The number of nitrogens with zero attached hydrogens (tertiary/aromatic N) is 4. The topological polar surface area (TPSA) is 43.6 Å². The van der Waals surface area contributed by atoms with Crippen LogP contribution >= 0.6 is 23.2 Å². The Morgan fingerprint density at radius 3 is 2.57 bits per heavy atom. The monoisotopic (exact) mass is 228 g/mol. The lowest BCUT2D eigenvalue weighted by Crippen LogP contribution is -2.02. The van der Waals surface area contributed by atoms with Crippen molar-refractivity contribution >= 4 is 23.2 Å². The Labute approximate surface area is 90.5 Å².